The molecule has 0 fully saturated rings. The molecule has 70 valence electrons. The van der Waals surface area contributed by atoms with Crippen LogP contribution in [0, 0.1) is 0 Å². The van der Waals surface area contributed by atoms with Crippen LogP contribution in [-0.2, 0) is 0 Å². The number of rotatable bonds is 2. The number of hydrogen-bond acceptors (Lipinski definition) is 2. The largest absolute Gasteiger partial charge is 0.352 e. The molecule has 1 N–H and O–H groups in total. The van der Waals surface area contributed by atoms with E-state index < -0.39 is 0 Å². The normalized spacial score (nSPS) is 10.4. The second kappa shape index (κ2) is 3.38. The molecule has 0 bridgehead atoms. The van der Waals surface area contributed by atoms with E-state index in [-0.39, 0.29) is 0 Å². The zero-order valence-corrected chi connectivity index (χ0v) is 8.67. The quantitative estimate of drug-likeness (QED) is 0.835. The third-order valence-electron chi connectivity index (χ3n) is 2.07. The van der Waals surface area contributed by atoms with Crippen molar-refractivity contribution in [1.82, 2.24) is 4.98 Å². The maximum atomic E-state index is 10.8. The van der Waals surface area contributed by atoms with Crippen LogP contribution in [0.15, 0.2) is 22.7 Å². The third kappa shape index (κ3) is 1.28. The highest BCUT2D eigenvalue weighted by Crippen LogP contribution is 2.23. The summed E-state index contributed by atoms with van der Waals surface area (Å²) in [5, 5.41) is 0.769. The molecule has 0 aliphatic carbocycles. The van der Waals surface area contributed by atoms with Gasteiger partial charge in [0.15, 0.2) is 12.6 Å². The van der Waals surface area contributed by atoms with Crippen molar-refractivity contribution in [2.45, 2.75) is 0 Å². The molecule has 0 atom stereocenters. The van der Waals surface area contributed by atoms with Crippen LogP contribution in [0.4, 0.5) is 0 Å². The number of aromatic nitrogens is 1. The highest BCUT2D eigenvalue weighted by Gasteiger charge is 2.09. The summed E-state index contributed by atoms with van der Waals surface area (Å²) in [6, 6.07) is 5.46. The van der Waals surface area contributed by atoms with Crippen molar-refractivity contribution in [2.24, 2.45) is 0 Å². The van der Waals surface area contributed by atoms with Gasteiger partial charge in [-0.15, -0.1) is 0 Å². The SMILES string of the molecule is O=Cc1[nH]c2cc(Br)ccc2c1C=O. The third-order valence-corrected chi connectivity index (χ3v) is 2.56. The van der Waals surface area contributed by atoms with Gasteiger partial charge in [-0.2, -0.15) is 0 Å². The Kier molecular flexibility index (Phi) is 2.21. The second-order valence-corrected chi connectivity index (χ2v) is 3.79. The number of benzene rings is 1. The Morgan fingerprint density at radius 3 is 2.64 bits per heavy atom. The lowest BCUT2D eigenvalue weighted by Gasteiger charge is -1.90. The number of carbonyl (C=O) groups is 2. The Morgan fingerprint density at radius 2 is 2.00 bits per heavy atom. The summed E-state index contributed by atoms with van der Waals surface area (Å²) in [6.07, 6.45) is 1.34. The lowest BCUT2D eigenvalue weighted by atomic mass is 10.1. The van der Waals surface area contributed by atoms with E-state index in [0.717, 1.165) is 15.4 Å². The molecule has 0 amide bonds. The van der Waals surface area contributed by atoms with Gasteiger partial charge in [-0.25, -0.2) is 0 Å². The lowest BCUT2D eigenvalue weighted by molar-refractivity contribution is 0.109. The van der Waals surface area contributed by atoms with Gasteiger partial charge in [0.25, 0.3) is 0 Å². The lowest BCUT2D eigenvalue weighted by Crippen LogP contribution is -1.85. The number of H-pyrrole nitrogens is 1. The summed E-state index contributed by atoms with van der Waals surface area (Å²) in [5.74, 6) is 0. The number of fused-ring (bicyclic) bond motifs is 1. The smallest absolute Gasteiger partial charge is 0.167 e. The average Bonchev–Trinajstić information content (AvgIpc) is 2.54. The van der Waals surface area contributed by atoms with Crippen molar-refractivity contribution in [3.05, 3.63) is 33.9 Å². The van der Waals surface area contributed by atoms with Gasteiger partial charge in [-0.3, -0.25) is 9.59 Å². The molecular formula is C10H6BrNO2. The molecule has 0 unspecified atom stereocenters. The molecule has 0 radical (unpaired) electrons. The van der Waals surface area contributed by atoms with Crippen LogP contribution >= 0.6 is 15.9 Å². The zero-order valence-electron chi connectivity index (χ0n) is 7.08. The Morgan fingerprint density at radius 1 is 1.21 bits per heavy atom. The van der Waals surface area contributed by atoms with E-state index in [1.165, 1.54) is 0 Å². The van der Waals surface area contributed by atoms with Crippen molar-refractivity contribution >= 4 is 39.4 Å². The van der Waals surface area contributed by atoms with E-state index in [1.54, 1.807) is 6.07 Å². The topological polar surface area (TPSA) is 49.9 Å². The molecule has 14 heavy (non-hydrogen) atoms. The number of hydrogen-bond donors (Lipinski definition) is 1. The van der Waals surface area contributed by atoms with Gasteiger partial charge in [0.05, 0.1) is 11.3 Å². The molecule has 0 aliphatic rings. The van der Waals surface area contributed by atoms with E-state index in [1.807, 2.05) is 12.1 Å². The van der Waals surface area contributed by atoms with Crippen molar-refractivity contribution in [3.63, 3.8) is 0 Å². The summed E-state index contributed by atoms with van der Waals surface area (Å²) in [6.45, 7) is 0. The maximum absolute atomic E-state index is 10.8. The fourth-order valence-corrected chi connectivity index (χ4v) is 1.79. The molecule has 0 aliphatic heterocycles. The Hall–Kier alpha value is -1.42. The molecule has 2 rings (SSSR count). The summed E-state index contributed by atoms with van der Waals surface area (Å²) < 4.78 is 0.904. The highest BCUT2D eigenvalue weighted by molar-refractivity contribution is 9.10. The van der Waals surface area contributed by atoms with Crippen LogP contribution in [0.25, 0.3) is 10.9 Å². The molecule has 1 aromatic carbocycles. The number of carbonyl (C=O) groups excluding carboxylic acids is 2. The van der Waals surface area contributed by atoms with E-state index in [9.17, 15) is 9.59 Å². The van der Waals surface area contributed by atoms with Crippen molar-refractivity contribution in [2.75, 3.05) is 0 Å². The van der Waals surface area contributed by atoms with Gasteiger partial charge in [0.1, 0.15) is 0 Å². The first kappa shape index (κ1) is 9.15. The maximum Gasteiger partial charge on any atom is 0.167 e. The highest BCUT2D eigenvalue weighted by atomic mass is 79.9. The van der Waals surface area contributed by atoms with Crippen LogP contribution in [-0.4, -0.2) is 17.6 Å². The van der Waals surface area contributed by atoms with Crippen molar-refractivity contribution in [3.8, 4) is 0 Å². The second-order valence-electron chi connectivity index (χ2n) is 2.88. The average molecular weight is 252 g/mol. The predicted molar refractivity (Wildman–Crippen MR) is 56.8 cm³/mol. The predicted octanol–water partition coefficient (Wildman–Crippen LogP) is 2.56. The van der Waals surface area contributed by atoms with Gasteiger partial charge < -0.3 is 4.98 Å². The number of aromatic amines is 1. The van der Waals surface area contributed by atoms with Gasteiger partial charge in [-0.1, -0.05) is 22.0 Å². The van der Waals surface area contributed by atoms with Crippen LogP contribution in [0.5, 0.6) is 0 Å². The fourth-order valence-electron chi connectivity index (χ4n) is 1.43. The first-order valence-corrected chi connectivity index (χ1v) is 4.77. The minimum atomic E-state index is 0.327. The number of halogens is 1. The van der Waals surface area contributed by atoms with Crippen LogP contribution < -0.4 is 0 Å². The summed E-state index contributed by atoms with van der Waals surface area (Å²) >= 11 is 3.31. The van der Waals surface area contributed by atoms with E-state index in [4.69, 9.17) is 0 Å². The minimum absolute atomic E-state index is 0.327. The van der Waals surface area contributed by atoms with Crippen molar-refractivity contribution < 1.29 is 9.59 Å². The van der Waals surface area contributed by atoms with Gasteiger partial charge in [-0.05, 0) is 12.1 Å². The molecule has 3 nitrogen and oxygen atoms in total. The van der Waals surface area contributed by atoms with Gasteiger partial charge in [0, 0.05) is 15.4 Å². The summed E-state index contributed by atoms with van der Waals surface area (Å²) in [4.78, 5) is 24.3. The molecule has 0 saturated carbocycles. The molecule has 0 saturated heterocycles. The number of nitrogens with one attached hydrogen (secondary N) is 1. The monoisotopic (exact) mass is 251 g/mol. The van der Waals surface area contributed by atoms with E-state index >= 15 is 0 Å². The van der Waals surface area contributed by atoms with Crippen LogP contribution in [0.1, 0.15) is 20.8 Å². The summed E-state index contributed by atoms with van der Waals surface area (Å²) in [5.41, 5.74) is 1.53. The molecular weight excluding hydrogens is 246 g/mol. The molecule has 2 aromatic rings. The van der Waals surface area contributed by atoms with Crippen molar-refractivity contribution in [1.29, 1.82) is 0 Å². The first-order chi connectivity index (χ1) is 6.76. The Balaban J connectivity index is 2.86. The molecule has 4 heteroatoms. The minimum Gasteiger partial charge on any atom is -0.352 e. The van der Waals surface area contributed by atoms with E-state index in [0.29, 0.717) is 23.8 Å². The van der Waals surface area contributed by atoms with Crippen LogP contribution in [0.3, 0.4) is 0 Å². The number of aldehydes is 2. The first-order valence-electron chi connectivity index (χ1n) is 3.98. The zero-order chi connectivity index (χ0) is 10.1. The van der Waals surface area contributed by atoms with Crippen LogP contribution in [0.2, 0.25) is 0 Å². The molecule has 1 heterocycles. The van der Waals surface area contributed by atoms with E-state index in [2.05, 4.69) is 20.9 Å². The molecule has 1 aromatic heterocycles. The standard InChI is InChI=1S/C10H6BrNO2/c11-6-1-2-7-8(4-13)10(5-14)12-9(7)3-6/h1-5,12H. The fraction of sp³-hybridized carbons (Fsp3) is 0. The Bertz CT molecular complexity index is 516. The van der Waals surface area contributed by atoms with Gasteiger partial charge >= 0.3 is 0 Å². The molecule has 0 spiro atoms. The summed E-state index contributed by atoms with van der Waals surface area (Å²) in [7, 11) is 0. The Labute approximate surface area is 88.2 Å². The van der Waals surface area contributed by atoms with Gasteiger partial charge in [0.2, 0.25) is 0 Å².